The van der Waals surface area contributed by atoms with Gasteiger partial charge in [0.25, 0.3) is 0 Å². The van der Waals surface area contributed by atoms with Crippen LogP contribution in [-0.4, -0.2) is 21.4 Å². The van der Waals surface area contributed by atoms with Crippen LogP contribution in [0.5, 0.6) is 0 Å². The van der Waals surface area contributed by atoms with E-state index >= 15 is 0 Å². The van der Waals surface area contributed by atoms with Crippen molar-refractivity contribution in [3.8, 4) is 6.07 Å². The normalized spacial score (nSPS) is 9.58. The van der Waals surface area contributed by atoms with Crippen molar-refractivity contribution in [2.75, 3.05) is 11.6 Å². The van der Waals surface area contributed by atoms with Crippen LogP contribution in [-0.2, 0) is 0 Å². The highest BCUT2D eigenvalue weighted by Gasteiger charge is 2.07. The zero-order valence-electron chi connectivity index (χ0n) is 14.8. The number of nitriles is 1. The fourth-order valence-electron chi connectivity index (χ4n) is 2.22. The van der Waals surface area contributed by atoms with Crippen LogP contribution in [0.1, 0.15) is 24.5 Å². The van der Waals surface area contributed by atoms with Crippen molar-refractivity contribution in [1.82, 2.24) is 14.9 Å². The third kappa shape index (κ3) is 5.24. The number of benzene rings is 2. The summed E-state index contributed by atoms with van der Waals surface area (Å²) in [6.45, 7) is 4.94. The lowest BCUT2D eigenvalue weighted by Gasteiger charge is -2.24. The molecule has 0 atom stereocenters. The number of nitroso groups, excluding NO2 is 1. The van der Waals surface area contributed by atoms with Crippen LogP contribution in [0.2, 0.25) is 0 Å². The first-order valence-corrected chi connectivity index (χ1v) is 8.20. The minimum absolute atomic E-state index is 0.487. The number of rotatable bonds is 5. The molecule has 0 aliphatic heterocycles. The van der Waals surface area contributed by atoms with Crippen LogP contribution in [0, 0.1) is 23.2 Å². The Hall–Kier alpha value is -3.53. The van der Waals surface area contributed by atoms with Gasteiger partial charge in [0.05, 0.1) is 17.3 Å². The first-order valence-electron chi connectivity index (χ1n) is 8.20. The third-order valence-electron chi connectivity index (χ3n) is 3.55. The van der Waals surface area contributed by atoms with Gasteiger partial charge in [-0.15, -0.1) is 15.1 Å². The number of aromatic nitrogens is 3. The fourth-order valence-corrected chi connectivity index (χ4v) is 2.22. The first-order chi connectivity index (χ1) is 12.7. The van der Waals surface area contributed by atoms with Crippen LogP contribution < -0.4 is 5.01 Å². The molecule has 1 aromatic heterocycles. The summed E-state index contributed by atoms with van der Waals surface area (Å²) < 4.78 is 1.84. The van der Waals surface area contributed by atoms with E-state index in [2.05, 4.69) is 33.4 Å². The zero-order chi connectivity index (χ0) is 18.8. The molecule has 0 bridgehead atoms. The van der Waals surface area contributed by atoms with Crippen molar-refractivity contribution in [2.24, 2.45) is 5.18 Å². The van der Waals surface area contributed by atoms with Crippen LogP contribution in [0.4, 0.5) is 11.4 Å². The topological polar surface area (TPSA) is 87.2 Å². The SMILES string of the molecule is CCCN(c1ccc(C#N)cc1)n1cnnc1.Cc1ccc(N=O)cc1. The molecule has 1 heterocycles. The Morgan fingerprint density at radius 1 is 1.08 bits per heavy atom. The summed E-state index contributed by atoms with van der Waals surface area (Å²) >= 11 is 0. The maximum atomic E-state index is 9.87. The van der Waals surface area contributed by atoms with Gasteiger partial charge >= 0.3 is 0 Å². The number of aryl methyl sites for hydroxylation is 1. The van der Waals surface area contributed by atoms with Gasteiger partial charge < -0.3 is 0 Å². The van der Waals surface area contributed by atoms with E-state index < -0.39 is 0 Å². The van der Waals surface area contributed by atoms with Gasteiger partial charge in [-0.1, -0.05) is 24.6 Å². The second kappa shape index (κ2) is 9.69. The van der Waals surface area contributed by atoms with E-state index in [1.165, 1.54) is 0 Å². The molecule has 0 unspecified atom stereocenters. The minimum atomic E-state index is 0.487. The van der Waals surface area contributed by atoms with Gasteiger partial charge in [-0.25, -0.2) is 4.68 Å². The molecule has 7 heteroatoms. The summed E-state index contributed by atoms with van der Waals surface area (Å²) in [5, 5.41) is 21.2. The van der Waals surface area contributed by atoms with Crippen molar-refractivity contribution in [3.63, 3.8) is 0 Å². The average Bonchev–Trinajstić information content (AvgIpc) is 3.22. The van der Waals surface area contributed by atoms with Crippen LogP contribution in [0.3, 0.4) is 0 Å². The molecule has 0 radical (unpaired) electrons. The summed E-state index contributed by atoms with van der Waals surface area (Å²) in [5.41, 5.74) is 3.31. The smallest absolute Gasteiger partial charge is 0.139 e. The molecule has 0 amide bonds. The largest absolute Gasteiger partial charge is 0.279 e. The maximum Gasteiger partial charge on any atom is 0.139 e. The molecule has 0 N–H and O–H groups in total. The van der Waals surface area contributed by atoms with Gasteiger partial charge in [-0.05, 0) is 54.9 Å². The standard InChI is InChI=1S/C12H13N5.C7H7NO/c1-2-7-17(16-9-14-15-10-16)12-5-3-11(8-13)4-6-12;1-6-2-4-7(8-9)5-3-6/h3-6,9-10H,2,7H2,1H3;2-5H,1H3. The number of anilines is 1. The van der Waals surface area contributed by atoms with Gasteiger partial charge in [0.2, 0.25) is 0 Å². The van der Waals surface area contributed by atoms with Crippen LogP contribution >= 0.6 is 0 Å². The van der Waals surface area contributed by atoms with E-state index in [9.17, 15) is 4.91 Å². The molecule has 0 spiro atoms. The monoisotopic (exact) mass is 348 g/mol. The van der Waals surface area contributed by atoms with Crippen molar-refractivity contribution in [2.45, 2.75) is 20.3 Å². The highest BCUT2D eigenvalue weighted by atomic mass is 16.3. The fraction of sp³-hybridized carbons (Fsp3) is 0.211. The van der Waals surface area contributed by atoms with Gasteiger partial charge in [0.15, 0.2) is 0 Å². The summed E-state index contributed by atoms with van der Waals surface area (Å²) in [5.74, 6) is 0. The molecule has 7 nitrogen and oxygen atoms in total. The Morgan fingerprint density at radius 3 is 2.19 bits per heavy atom. The van der Waals surface area contributed by atoms with Gasteiger partial charge in [0, 0.05) is 6.54 Å². The molecule has 3 aromatic rings. The Kier molecular flexibility index (Phi) is 7.01. The van der Waals surface area contributed by atoms with Gasteiger partial charge in [-0.2, -0.15) is 5.26 Å². The Balaban J connectivity index is 0.000000228. The summed E-state index contributed by atoms with van der Waals surface area (Å²) in [4.78, 5) is 9.87. The first kappa shape index (κ1) is 18.8. The molecular weight excluding hydrogens is 328 g/mol. The molecule has 0 aliphatic carbocycles. The van der Waals surface area contributed by atoms with Gasteiger partial charge in [0.1, 0.15) is 18.3 Å². The van der Waals surface area contributed by atoms with E-state index in [0.29, 0.717) is 11.3 Å². The Morgan fingerprint density at radius 2 is 1.69 bits per heavy atom. The van der Waals surface area contributed by atoms with Crippen molar-refractivity contribution < 1.29 is 0 Å². The summed E-state index contributed by atoms with van der Waals surface area (Å²) in [7, 11) is 0. The van der Waals surface area contributed by atoms with Crippen molar-refractivity contribution >= 4 is 11.4 Å². The molecule has 26 heavy (non-hydrogen) atoms. The quantitative estimate of drug-likeness (QED) is 0.644. The lowest BCUT2D eigenvalue weighted by atomic mass is 10.2. The minimum Gasteiger partial charge on any atom is -0.279 e. The molecule has 2 aromatic carbocycles. The van der Waals surface area contributed by atoms with Gasteiger partial charge in [-0.3, -0.25) is 5.01 Å². The molecule has 0 aliphatic rings. The summed E-state index contributed by atoms with van der Waals surface area (Å²) in [6.07, 6.45) is 4.33. The zero-order valence-corrected chi connectivity index (χ0v) is 14.8. The molecule has 132 valence electrons. The number of hydrogen-bond acceptors (Lipinski definition) is 6. The third-order valence-corrected chi connectivity index (χ3v) is 3.55. The molecule has 3 rings (SSSR count). The number of hydrogen-bond donors (Lipinski definition) is 0. The second-order valence-corrected chi connectivity index (χ2v) is 5.55. The van der Waals surface area contributed by atoms with E-state index in [4.69, 9.17) is 5.26 Å². The van der Waals surface area contributed by atoms with Crippen LogP contribution in [0.25, 0.3) is 0 Å². The second-order valence-electron chi connectivity index (χ2n) is 5.55. The molecule has 0 saturated heterocycles. The van der Waals surface area contributed by atoms with E-state index in [0.717, 1.165) is 24.2 Å². The van der Waals surface area contributed by atoms with Crippen molar-refractivity contribution in [3.05, 3.63) is 77.2 Å². The van der Waals surface area contributed by atoms with E-state index in [-0.39, 0.29) is 0 Å². The predicted molar refractivity (Wildman–Crippen MR) is 101 cm³/mol. The highest BCUT2D eigenvalue weighted by molar-refractivity contribution is 5.49. The molecular formula is C19H20N6O. The predicted octanol–water partition coefficient (Wildman–Crippen LogP) is 4.22. The van der Waals surface area contributed by atoms with E-state index in [1.54, 1.807) is 24.8 Å². The lowest BCUT2D eigenvalue weighted by Crippen LogP contribution is -2.29. The van der Waals surface area contributed by atoms with E-state index in [1.807, 2.05) is 48.0 Å². The Labute approximate surface area is 152 Å². The number of nitrogens with zero attached hydrogens (tertiary/aromatic N) is 6. The molecule has 0 fully saturated rings. The lowest BCUT2D eigenvalue weighted by molar-refractivity contribution is 0.673. The highest BCUT2D eigenvalue weighted by Crippen LogP contribution is 2.16. The Bertz CT molecular complexity index is 835. The maximum absolute atomic E-state index is 9.87. The van der Waals surface area contributed by atoms with Crippen molar-refractivity contribution in [1.29, 1.82) is 5.26 Å². The average molecular weight is 348 g/mol. The van der Waals surface area contributed by atoms with Crippen LogP contribution in [0.15, 0.2) is 66.4 Å². The summed E-state index contributed by atoms with van der Waals surface area (Å²) in [6, 6.07) is 16.7. The molecule has 0 saturated carbocycles.